The van der Waals surface area contributed by atoms with E-state index >= 15 is 0 Å². The van der Waals surface area contributed by atoms with Crippen molar-refractivity contribution in [1.29, 1.82) is 0 Å². The third-order valence-corrected chi connectivity index (χ3v) is 3.70. The zero-order valence-corrected chi connectivity index (χ0v) is 10.8. The molecule has 0 spiro atoms. The Kier molecular flexibility index (Phi) is 4.18. The van der Waals surface area contributed by atoms with Crippen molar-refractivity contribution in [3.8, 4) is 5.75 Å². The molecule has 90 valence electrons. The second kappa shape index (κ2) is 5.84. The number of phenolic OH excluding ortho intramolecular Hbond substituents is 1. The summed E-state index contributed by atoms with van der Waals surface area (Å²) in [6.07, 6.45) is 1.05. The number of aryl methyl sites for hydroxylation is 1. The van der Waals surface area contributed by atoms with Crippen molar-refractivity contribution in [2.75, 3.05) is 6.54 Å². The van der Waals surface area contributed by atoms with Crippen LogP contribution in [0.15, 0.2) is 35.7 Å². The third-order valence-electron chi connectivity index (χ3n) is 2.77. The van der Waals surface area contributed by atoms with Crippen molar-refractivity contribution in [3.63, 3.8) is 0 Å². The summed E-state index contributed by atoms with van der Waals surface area (Å²) in [5.74, 6) is 0.413. The first-order valence-corrected chi connectivity index (χ1v) is 6.66. The van der Waals surface area contributed by atoms with Crippen LogP contribution in [0.5, 0.6) is 5.75 Å². The van der Waals surface area contributed by atoms with Crippen LogP contribution < -0.4 is 5.32 Å². The van der Waals surface area contributed by atoms with Gasteiger partial charge in [0, 0.05) is 23.5 Å². The van der Waals surface area contributed by atoms with Gasteiger partial charge in [0.15, 0.2) is 0 Å². The van der Waals surface area contributed by atoms with Gasteiger partial charge in [0.2, 0.25) is 0 Å². The maximum Gasteiger partial charge on any atom is 0.122 e. The lowest BCUT2D eigenvalue weighted by Gasteiger charge is -2.08. The highest BCUT2D eigenvalue weighted by atomic mass is 32.1. The lowest BCUT2D eigenvalue weighted by molar-refractivity contribution is 0.460. The molecule has 2 rings (SSSR count). The standard InChI is InChI=1S/C14H17NOS/c1-11-4-2-5-12(14(11)16)10-15-8-7-13-6-3-9-17-13/h2-6,9,15-16H,7-8,10H2,1H3. The molecular formula is C14H17NOS. The predicted octanol–water partition coefficient (Wildman–Crippen LogP) is 3.09. The van der Waals surface area contributed by atoms with E-state index in [0.717, 1.165) is 30.6 Å². The van der Waals surface area contributed by atoms with Gasteiger partial charge in [-0.2, -0.15) is 0 Å². The van der Waals surface area contributed by atoms with Crippen LogP contribution in [0.4, 0.5) is 0 Å². The zero-order valence-electron chi connectivity index (χ0n) is 9.94. The predicted molar refractivity (Wildman–Crippen MR) is 72.6 cm³/mol. The molecule has 0 aliphatic heterocycles. The van der Waals surface area contributed by atoms with E-state index in [9.17, 15) is 5.11 Å². The van der Waals surface area contributed by atoms with Gasteiger partial charge in [0.05, 0.1) is 0 Å². The van der Waals surface area contributed by atoms with Gasteiger partial charge in [0.1, 0.15) is 5.75 Å². The lowest BCUT2D eigenvalue weighted by Crippen LogP contribution is -2.16. The van der Waals surface area contributed by atoms with Crippen molar-refractivity contribution in [1.82, 2.24) is 5.32 Å². The van der Waals surface area contributed by atoms with E-state index in [0.29, 0.717) is 5.75 Å². The molecule has 0 unspecified atom stereocenters. The Morgan fingerprint density at radius 1 is 1.24 bits per heavy atom. The third kappa shape index (κ3) is 3.32. The second-order valence-corrected chi connectivity index (χ2v) is 5.12. The summed E-state index contributed by atoms with van der Waals surface area (Å²) < 4.78 is 0. The molecule has 2 aromatic rings. The van der Waals surface area contributed by atoms with Crippen LogP contribution in [0.2, 0.25) is 0 Å². The number of hydrogen-bond donors (Lipinski definition) is 2. The van der Waals surface area contributed by atoms with Crippen molar-refractivity contribution >= 4 is 11.3 Å². The molecule has 1 aromatic carbocycles. The van der Waals surface area contributed by atoms with Gasteiger partial charge < -0.3 is 10.4 Å². The molecule has 17 heavy (non-hydrogen) atoms. The largest absolute Gasteiger partial charge is 0.507 e. The average molecular weight is 247 g/mol. The van der Waals surface area contributed by atoms with Crippen LogP contribution in [0, 0.1) is 6.92 Å². The van der Waals surface area contributed by atoms with Gasteiger partial charge in [-0.1, -0.05) is 24.3 Å². The molecule has 2 N–H and O–H groups in total. The SMILES string of the molecule is Cc1cccc(CNCCc2cccs2)c1O. The Labute approximate surface area is 106 Å². The minimum absolute atomic E-state index is 0.413. The molecule has 0 amide bonds. The molecule has 0 bridgehead atoms. The summed E-state index contributed by atoms with van der Waals surface area (Å²) in [6.45, 7) is 3.58. The van der Waals surface area contributed by atoms with E-state index in [1.165, 1.54) is 4.88 Å². The molecule has 3 heteroatoms. The van der Waals surface area contributed by atoms with Crippen molar-refractivity contribution in [2.45, 2.75) is 19.9 Å². The van der Waals surface area contributed by atoms with Gasteiger partial charge in [-0.05, 0) is 30.4 Å². The number of benzene rings is 1. The number of aromatic hydroxyl groups is 1. The Morgan fingerprint density at radius 3 is 2.88 bits per heavy atom. The first-order chi connectivity index (χ1) is 8.27. The molecular weight excluding hydrogens is 230 g/mol. The fraction of sp³-hybridized carbons (Fsp3) is 0.286. The van der Waals surface area contributed by atoms with E-state index in [4.69, 9.17) is 0 Å². The van der Waals surface area contributed by atoms with Crippen LogP contribution in [-0.2, 0) is 13.0 Å². The molecule has 0 saturated carbocycles. The topological polar surface area (TPSA) is 32.3 Å². The molecule has 0 atom stereocenters. The van der Waals surface area contributed by atoms with E-state index in [1.807, 2.05) is 25.1 Å². The van der Waals surface area contributed by atoms with Gasteiger partial charge in [-0.25, -0.2) is 0 Å². The minimum atomic E-state index is 0.413. The van der Waals surface area contributed by atoms with Crippen LogP contribution in [0.3, 0.4) is 0 Å². The van der Waals surface area contributed by atoms with E-state index in [2.05, 4.69) is 22.8 Å². The summed E-state index contributed by atoms with van der Waals surface area (Å²) in [7, 11) is 0. The maximum absolute atomic E-state index is 9.84. The number of para-hydroxylation sites is 1. The van der Waals surface area contributed by atoms with E-state index < -0.39 is 0 Å². The summed E-state index contributed by atoms with van der Waals surface area (Å²) in [6, 6.07) is 10.1. The average Bonchev–Trinajstić information content (AvgIpc) is 2.83. The molecule has 0 fully saturated rings. The summed E-state index contributed by atoms with van der Waals surface area (Å²) in [4.78, 5) is 1.39. The molecule has 1 aromatic heterocycles. The molecule has 0 radical (unpaired) electrons. The zero-order chi connectivity index (χ0) is 12.1. The van der Waals surface area contributed by atoms with Crippen molar-refractivity contribution in [2.24, 2.45) is 0 Å². The molecule has 1 heterocycles. The van der Waals surface area contributed by atoms with Crippen molar-refractivity contribution in [3.05, 3.63) is 51.7 Å². The quantitative estimate of drug-likeness (QED) is 0.796. The van der Waals surface area contributed by atoms with Crippen LogP contribution in [0.1, 0.15) is 16.0 Å². The molecule has 0 aliphatic rings. The first-order valence-electron chi connectivity index (χ1n) is 5.78. The van der Waals surface area contributed by atoms with Gasteiger partial charge >= 0.3 is 0 Å². The summed E-state index contributed by atoms with van der Waals surface area (Å²) >= 11 is 1.79. The first kappa shape index (κ1) is 12.1. The van der Waals surface area contributed by atoms with Crippen LogP contribution >= 0.6 is 11.3 Å². The second-order valence-electron chi connectivity index (χ2n) is 4.09. The van der Waals surface area contributed by atoms with Crippen LogP contribution in [0.25, 0.3) is 0 Å². The highest BCUT2D eigenvalue weighted by molar-refractivity contribution is 7.09. The fourth-order valence-corrected chi connectivity index (χ4v) is 2.46. The van der Waals surface area contributed by atoms with E-state index in [-0.39, 0.29) is 0 Å². The highest BCUT2D eigenvalue weighted by Crippen LogP contribution is 2.20. The Bertz CT molecular complexity index is 465. The molecule has 0 aliphatic carbocycles. The maximum atomic E-state index is 9.84. The highest BCUT2D eigenvalue weighted by Gasteiger charge is 2.02. The number of phenols is 1. The minimum Gasteiger partial charge on any atom is -0.507 e. The number of nitrogens with one attached hydrogen (secondary N) is 1. The van der Waals surface area contributed by atoms with Gasteiger partial charge in [-0.3, -0.25) is 0 Å². The fourth-order valence-electron chi connectivity index (χ4n) is 1.75. The number of thiophene rings is 1. The van der Waals surface area contributed by atoms with Gasteiger partial charge in [-0.15, -0.1) is 11.3 Å². The monoisotopic (exact) mass is 247 g/mol. The molecule has 0 saturated heterocycles. The Balaban J connectivity index is 1.80. The van der Waals surface area contributed by atoms with Crippen molar-refractivity contribution < 1.29 is 5.11 Å². The number of rotatable bonds is 5. The molecule has 2 nitrogen and oxygen atoms in total. The Morgan fingerprint density at radius 2 is 2.12 bits per heavy atom. The van der Waals surface area contributed by atoms with Gasteiger partial charge in [0.25, 0.3) is 0 Å². The summed E-state index contributed by atoms with van der Waals surface area (Å²) in [5.41, 5.74) is 1.90. The Hall–Kier alpha value is -1.32. The summed E-state index contributed by atoms with van der Waals surface area (Å²) in [5, 5.41) is 15.3. The smallest absolute Gasteiger partial charge is 0.122 e. The van der Waals surface area contributed by atoms with Crippen LogP contribution in [-0.4, -0.2) is 11.7 Å². The van der Waals surface area contributed by atoms with E-state index in [1.54, 1.807) is 11.3 Å². The normalized spacial score (nSPS) is 10.6. The number of hydrogen-bond acceptors (Lipinski definition) is 3. The lowest BCUT2D eigenvalue weighted by atomic mass is 10.1.